The largest absolute Gasteiger partial charge is 0.492 e. The van der Waals surface area contributed by atoms with Gasteiger partial charge in [0.25, 0.3) is 5.91 Å². The minimum Gasteiger partial charge on any atom is -0.492 e. The number of anilines is 1. The fourth-order valence-electron chi connectivity index (χ4n) is 3.46. The van der Waals surface area contributed by atoms with Crippen molar-refractivity contribution in [3.8, 4) is 5.75 Å². The number of hydrogen-bond donors (Lipinski definition) is 1. The molecule has 2 aromatic rings. The lowest BCUT2D eigenvalue weighted by Crippen LogP contribution is -2.40. The van der Waals surface area contributed by atoms with Gasteiger partial charge in [-0.05, 0) is 48.9 Å². The first kappa shape index (κ1) is 25.9. The number of benzene rings is 2. The summed E-state index contributed by atoms with van der Waals surface area (Å²) in [5.74, 6) is 0.125. The number of morpholine rings is 1. The zero-order chi connectivity index (χ0) is 24.9. The van der Waals surface area contributed by atoms with Gasteiger partial charge in [-0.1, -0.05) is 6.07 Å². The highest BCUT2D eigenvalue weighted by molar-refractivity contribution is 7.92. The molecule has 1 amide bonds. The Hall–Kier alpha value is -2.67. The van der Waals surface area contributed by atoms with Crippen molar-refractivity contribution >= 4 is 31.6 Å². The monoisotopic (exact) mass is 511 g/mol. The summed E-state index contributed by atoms with van der Waals surface area (Å²) in [6, 6.07) is 11.0. The van der Waals surface area contributed by atoms with Crippen LogP contribution in [-0.4, -0.2) is 79.8 Å². The highest BCUT2D eigenvalue weighted by Gasteiger charge is 2.26. The molecular weight excluding hydrogens is 482 g/mol. The normalized spacial score (nSPS) is 15.0. The van der Waals surface area contributed by atoms with Gasteiger partial charge < -0.3 is 14.8 Å². The number of hydrogen-bond acceptors (Lipinski definition) is 7. The summed E-state index contributed by atoms with van der Waals surface area (Å²) >= 11 is 0. The SMILES string of the molecule is Cc1c(C(=O)NCCOc2ccc(S(=O)(=O)N3CCOCC3)cc2)cccc1N(C)S(C)(=O)=O. The lowest BCUT2D eigenvalue weighted by atomic mass is 10.1. The first-order valence-electron chi connectivity index (χ1n) is 10.6. The molecule has 1 aliphatic rings. The molecule has 186 valence electrons. The second-order valence-corrected chi connectivity index (χ2v) is 11.7. The predicted molar refractivity (Wildman–Crippen MR) is 128 cm³/mol. The van der Waals surface area contributed by atoms with Gasteiger partial charge in [0.05, 0.1) is 36.6 Å². The number of ether oxygens (including phenoxy) is 2. The van der Waals surface area contributed by atoms with Crippen LogP contribution >= 0.6 is 0 Å². The van der Waals surface area contributed by atoms with E-state index < -0.39 is 20.0 Å². The van der Waals surface area contributed by atoms with Crippen molar-refractivity contribution in [2.75, 3.05) is 57.1 Å². The molecule has 1 N–H and O–H groups in total. The third kappa shape index (κ3) is 6.06. The van der Waals surface area contributed by atoms with Gasteiger partial charge in [0.2, 0.25) is 20.0 Å². The minimum atomic E-state index is -3.57. The van der Waals surface area contributed by atoms with Crippen molar-refractivity contribution in [2.24, 2.45) is 0 Å². The fraction of sp³-hybridized carbons (Fsp3) is 0.409. The van der Waals surface area contributed by atoms with Crippen LogP contribution in [0.5, 0.6) is 5.75 Å². The molecule has 2 aromatic carbocycles. The first-order chi connectivity index (χ1) is 16.0. The maximum absolute atomic E-state index is 12.7. The van der Waals surface area contributed by atoms with Gasteiger partial charge in [0.15, 0.2) is 0 Å². The molecule has 3 rings (SSSR count). The molecule has 0 aliphatic carbocycles. The zero-order valence-electron chi connectivity index (χ0n) is 19.4. The molecular formula is C22H29N3O7S2. The highest BCUT2D eigenvalue weighted by atomic mass is 32.2. The van der Waals surface area contributed by atoms with Crippen molar-refractivity contribution in [1.29, 1.82) is 0 Å². The number of nitrogens with one attached hydrogen (secondary N) is 1. The number of rotatable bonds is 9. The standard InChI is InChI=1S/C22H29N3O7S2/c1-17-20(5-4-6-21(17)24(2)33(3,27)28)22(26)23-11-14-32-18-7-9-19(10-8-18)34(29,30)25-12-15-31-16-13-25/h4-10H,11-16H2,1-3H3,(H,23,26). The van der Waals surface area contributed by atoms with Crippen LogP contribution in [-0.2, 0) is 24.8 Å². The molecule has 0 unspecified atom stereocenters. The Morgan fingerprint density at radius 2 is 1.74 bits per heavy atom. The lowest BCUT2D eigenvalue weighted by molar-refractivity contribution is 0.0730. The van der Waals surface area contributed by atoms with Crippen LogP contribution in [0.2, 0.25) is 0 Å². The van der Waals surface area contributed by atoms with E-state index in [0.29, 0.717) is 48.9 Å². The molecule has 0 aromatic heterocycles. The second-order valence-electron chi connectivity index (χ2n) is 7.77. The molecule has 0 atom stereocenters. The minimum absolute atomic E-state index is 0.170. The predicted octanol–water partition coefficient (Wildman–Crippen LogP) is 1.22. The second kappa shape index (κ2) is 10.7. The molecule has 1 aliphatic heterocycles. The van der Waals surface area contributed by atoms with Crippen LogP contribution in [0.3, 0.4) is 0 Å². The molecule has 10 nitrogen and oxygen atoms in total. The van der Waals surface area contributed by atoms with E-state index in [4.69, 9.17) is 9.47 Å². The van der Waals surface area contributed by atoms with Crippen LogP contribution < -0.4 is 14.4 Å². The van der Waals surface area contributed by atoms with Gasteiger partial charge in [0.1, 0.15) is 12.4 Å². The first-order valence-corrected chi connectivity index (χ1v) is 13.9. The van der Waals surface area contributed by atoms with E-state index in [9.17, 15) is 21.6 Å². The summed E-state index contributed by atoms with van der Waals surface area (Å²) < 4.78 is 62.3. The van der Waals surface area contributed by atoms with Crippen LogP contribution in [0.15, 0.2) is 47.4 Å². The smallest absolute Gasteiger partial charge is 0.251 e. The van der Waals surface area contributed by atoms with E-state index >= 15 is 0 Å². The number of nitrogens with zero attached hydrogens (tertiary/aromatic N) is 2. The van der Waals surface area contributed by atoms with Crippen molar-refractivity contribution in [3.05, 3.63) is 53.6 Å². The average molecular weight is 512 g/mol. The Balaban J connectivity index is 1.54. The van der Waals surface area contributed by atoms with Crippen LogP contribution in [0, 0.1) is 6.92 Å². The quantitative estimate of drug-likeness (QED) is 0.502. The molecule has 0 spiro atoms. The van der Waals surface area contributed by atoms with E-state index in [1.165, 1.54) is 23.5 Å². The summed E-state index contributed by atoms with van der Waals surface area (Å²) in [5.41, 5.74) is 1.34. The van der Waals surface area contributed by atoms with Crippen LogP contribution in [0.4, 0.5) is 5.69 Å². The molecule has 1 fully saturated rings. The van der Waals surface area contributed by atoms with Crippen LogP contribution in [0.25, 0.3) is 0 Å². The van der Waals surface area contributed by atoms with E-state index in [1.807, 2.05) is 0 Å². The topological polar surface area (TPSA) is 122 Å². The zero-order valence-corrected chi connectivity index (χ0v) is 21.0. The Morgan fingerprint density at radius 1 is 1.09 bits per heavy atom. The molecule has 0 radical (unpaired) electrons. The Labute approximate surface area is 200 Å². The number of sulfonamides is 2. The van der Waals surface area contributed by atoms with Gasteiger partial charge in [-0.15, -0.1) is 0 Å². The molecule has 12 heteroatoms. The van der Waals surface area contributed by atoms with E-state index in [0.717, 1.165) is 10.6 Å². The lowest BCUT2D eigenvalue weighted by Gasteiger charge is -2.26. The van der Waals surface area contributed by atoms with E-state index in [-0.39, 0.29) is 24.0 Å². The van der Waals surface area contributed by atoms with Gasteiger partial charge in [-0.2, -0.15) is 4.31 Å². The van der Waals surface area contributed by atoms with Crippen molar-refractivity contribution in [3.63, 3.8) is 0 Å². The number of carbonyl (C=O) groups excluding carboxylic acids is 1. The van der Waals surface area contributed by atoms with Gasteiger partial charge in [-0.25, -0.2) is 16.8 Å². The van der Waals surface area contributed by atoms with Crippen LogP contribution in [0.1, 0.15) is 15.9 Å². The summed E-state index contributed by atoms with van der Waals surface area (Å²) in [4.78, 5) is 12.8. The van der Waals surface area contributed by atoms with E-state index in [1.54, 1.807) is 37.3 Å². The summed E-state index contributed by atoms with van der Waals surface area (Å²) in [7, 11) is -5.59. The van der Waals surface area contributed by atoms with E-state index in [2.05, 4.69) is 5.32 Å². The third-order valence-corrected chi connectivity index (χ3v) is 8.58. The Morgan fingerprint density at radius 3 is 2.35 bits per heavy atom. The molecule has 0 bridgehead atoms. The fourth-order valence-corrected chi connectivity index (χ4v) is 5.42. The third-order valence-electron chi connectivity index (χ3n) is 5.47. The number of carbonyl (C=O) groups is 1. The number of amides is 1. The molecule has 1 heterocycles. The maximum atomic E-state index is 12.7. The summed E-state index contributed by atoms with van der Waals surface area (Å²) in [5, 5.41) is 2.75. The van der Waals surface area contributed by atoms with Crippen molar-refractivity contribution in [1.82, 2.24) is 9.62 Å². The van der Waals surface area contributed by atoms with Gasteiger partial charge in [-0.3, -0.25) is 9.10 Å². The molecule has 0 saturated carbocycles. The van der Waals surface area contributed by atoms with Gasteiger partial charge >= 0.3 is 0 Å². The average Bonchev–Trinajstić information content (AvgIpc) is 2.81. The molecule has 34 heavy (non-hydrogen) atoms. The summed E-state index contributed by atoms with van der Waals surface area (Å²) in [6.07, 6.45) is 1.10. The van der Waals surface area contributed by atoms with Crippen molar-refractivity contribution < 1.29 is 31.1 Å². The molecule has 1 saturated heterocycles. The van der Waals surface area contributed by atoms with Gasteiger partial charge in [0, 0.05) is 25.7 Å². The Bertz CT molecular complexity index is 1220. The van der Waals surface area contributed by atoms with Crippen molar-refractivity contribution in [2.45, 2.75) is 11.8 Å². The highest BCUT2D eigenvalue weighted by Crippen LogP contribution is 2.24. The Kier molecular flexibility index (Phi) is 8.18. The maximum Gasteiger partial charge on any atom is 0.251 e. The summed E-state index contributed by atoms with van der Waals surface area (Å²) in [6.45, 7) is 3.48.